The summed E-state index contributed by atoms with van der Waals surface area (Å²) in [5.41, 5.74) is 4.77. The largest absolute Gasteiger partial charge is 0.511 e. The van der Waals surface area contributed by atoms with Crippen molar-refractivity contribution in [1.82, 2.24) is 0 Å². The van der Waals surface area contributed by atoms with Crippen LogP contribution < -0.4 is 9.80 Å². The Morgan fingerprint density at radius 2 is 1.02 bits per heavy atom. The predicted octanol–water partition coefficient (Wildman–Crippen LogP) is 9.88. The summed E-state index contributed by atoms with van der Waals surface area (Å²) in [5.74, 6) is -0.0671. The zero-order valence-electron chi connectivity index (χ0n) is 26.6. The molecule has 2 atom stereocenters. The van der Waals surface area contributed by atoms with Crippen molar-refractivity contribution in [3.63, 3.8) is 0 Å². The fraction of sp³-hybridized carbons (Fsp3) is 0.622. The maximum Gasteiger partial charge on any atom is 0.109 e. The Morgan fingerprint density at radius 1 is 0.585 bits per heavy atom. The third-order valence-electron chi connectivity index (χ3n) is 8.92. The predicted molar refractivity (Wildman–Crippen MR) is 178 cm³/mol. The van der Waals surface area contributed by atoms with E-state index in [0.29, 0.717) is 5.57 Å². The van der Waals surface area contributed by atoms with Crippen molar-refractivity contribution in [3.05, 3.63) is 65.4 Å². The van der Waals surface area contributed by atoms with E-state index in [9.17, 15) is 10.2 Å². The lowest BCUT2D eigenvalue weighted by Crippen LogP contribution is -2.33. The van der Waals surface area contributed by atoms with Crippen LogP contribution in [0.15, 0.2) is 54.3 Å². The highest BCUT2D eigenvalue weighted by Gasteiger charge is 2.41. The van der Waals surface area contributed by atoms with Gasteiger partial charge in [-0.2, -0.15) is 0 Å². The van der Waals surface area contributed by atoms with Gasteiger partial charge in [-0.1, -0.05) is 128 Å². The molecule has 0 heterocycles. The lowest BCUT2D eigenvalue weighted by Gasteiger charge is -2.36. The molecule has 3 rings (SSSR count). The summed E-state index contributed by atoms with van der Waals surface area (Å²) in [5, 5.41) is 21.7. The summed E-state index contributed by atoms with van der Waals surface area (Å²) in [6.45, 7) is 3.35. The molecule has 0 radical (unpaired) electrons. The standard InChI is InChI=1S/C37H58N2O2/c1-5-6-7-8-9-10-11-12-13-14-15-16-17-18-19-20-29-39(4)33-27-23-31(24-28-33)35-36(40)34(37(35)41)30-21-25-32(26-22-30)38(2)3/h21-28,35-36,40-41H,5-20,29H2,1-4H3. The Balaban J connectivity index is 1.26. The molecule has 4 heteroatoms. The smallest absolute Gasteiger partial charge is 0.109 e. The number of rotatable bonds is 21. The second-order valence-electron chi connectivity index (χ2n) is 12.5. The van der Waals surface area contributed by atoms with Crippen LogP contribution in [-0.2, 0) is 0 Å². The van der Waals surface area contributed by atoms with Crippen LogP contribution in [0.1, 0.15) is 127 Å². The minimum absolute atomic E-state index is 0.282. The third kappa shape index (κ3) is 10.4. The van der Waals surface area contributed by atoms with Gasteiger partial charge in [-0.05, 0) is 41.8 Å². The zero-order chi connectivity index (χ0) is 29.5. The number of hydrogen-bond acceptors (Lipinski definition) is 4. The van der Waals surface area contributed by atoms with Gasteiger partial charge in [0.15, 0.2) is 0 Å². The van der Waals surface area contributed by atoms with Crippen LogP contribution in [-0.4, -0.2) is 44.0 Å². The van der Waals surface area contributed by atoms with Crippen LogP contribution >= 0.6 is 0 Å². The summed E-state index contributed by atoms with van der Waals surface area (Å²) < 4.78 is 0. The molecule has 228 valence electrons. The van der Waals surface area contributed by atoms with E-state index in [1.807, 2.05) is 43.3 Å². The first-order valence-electron chi connectivity index (χ1n) is 16.6. The first kappa shape index (κ1) is 33.0. The van der Waals surface area contributed by atoms with Gasteiger partial charge in [0, 0.05) is 44.6 Å². The molecule has 0 spiro atoms. The van der Waals surface area contributed by atoms with Gasteiger partial charge in [0.2, 0.25) is 0 Å². The molecule has 0 aromatic heterocycles. The van der Waals surface area contributed by atoms with Crippen molar-refractivity contribution < 1.29 is 10.2 Å². The van der Waals surface area contributed by atoms with Crippen LogP contribution in [0.4, 0.5) is 11.4 Å². The monoisotopic (exact) mass is 562 g/mol. The van der Waals surface area contributed by atoms with Gasteiger partial charge in [-0.15, -0.1) is 0 Å². The number of anilines is 2. The first-order valence-corrected chi connectivity index (χ1v) is 16.6. The van der Waals surface area contributed by atoms with Crippen LogP contribution in [0.3, 0.4) is 0 Å². The molecule has 2 unspecified atom stereocenters. The van der Waals surface area contributed by atoms with Crippen molar-refractivity contribution in [3.8, 4) is 0 Å². The molecule has 0 amide bonds. The molecule has 0 aliphatic heterocycles. The molecule has 0 saturated heterocycles. The van der Waals surface area contributed by atoms with Gasteiger partial charge in [0.25, 0.3) is 0 Å². The van der Waals surface area contributed by atoms with E-state index in [0.717, 1.165) is 23.4 Å². The topological polar surface area (TPSA) is 46.9 Å². The van der Waals surface area contributed by atoms with Crippen molar-refractivity contribution in [2.45, 2.75) is 122 Å². The molecule has 4 nitrogen and oxygen atoms in total. The SMILES string of the molecule is CCCCCCCCCCCCCCCCCCN(C)c1ccc(C2C(O)=C(c3ccc(N(C)C)cc3)C2O)cc1. The van der Waals surface area contributed by atoms with Crippen LogP contribution in [0.5, 0.6) is 0 Å². The van der Waals surface area contributed by atoms with E-state index in [2.05, 4.69) is 43.1 Å². The first-order chi connectivity index (χ1) is 19.9. The van der Waals surface area contributed by atoms with Gasteiger partial charge < -0.3 is 20.0 Å². The normalized spacial score (nSPS) is 16.6. The lowest BCUT2D eigenvalue weighted by molar-refractivity contribution is 0.153. The van der Waals surface area contributed by atoms with Crippen LogP contribution in [0.25, 0.3) is 5.57 Å². The Morgan fingerprint density at radius 3 is 1.46 bits per heavy atom. The lowest BCUT2D eigenvalue weighted by atomic mass is 9.73. The summed E-state index contributed by atoms with van der Waals surface area (Å²) in [6, 6.07) is 16.3. The number of nitrogens with zero attached hydrogens (tertiary/aromatic N) is 2. The summed E-state index contributed by atoms with van der Waals surface area (Å²) in [7, 11) is 6.16. The van der Waals surface area contributed by atoms with Crippen molar-refractivity contribution in [2.24, 2.45) is 0 Å². The van der Waals surface area contributed by atoms with E-state index >= 15 is 0 Å². The highest BCUT2D eigenvalue weighted by molar-refractivity contribution is 5.80. The fourth-order valence-electron chi connectivity index (χ4n) is 6.10. The van der Waals surface area contributed by atoms with E-state index in [1.165, 1.54) is 108 Å². The molecule has 0 bridgehead atoms. The van der Waals surface area contributed by atoms with Crippen LogP contribution in [0.2, 0.25) is 0 Å². The van der Waals surface area contributed by atoms with E-state index in [-0.39, 0.29) is 11.7 Å². The number of aliphatic hydroxyl groups excluding tert-OH is 2. The maximum absolute atomic E-state index is 10.9. The van der Waals surface area contributed by atoms with Gasteiger partial charge in [-0.3, -0.25) is 0 Å². The summed E-state index contributed by atoms with van der Waals surface area (Å²) in [6.07, 6.45) is 21.6. The highest BCUT2D eigenvalue weighted by atomic mass is 16.3. The fourth-order valence-corrected chi connectivity index (χ4v) is 6.10. The van der Waals surface area contributed by atoms with Gasteiger partial charge in [0.1, 0.15) is 5.76 Å². The number of benzene rings is 2. The molecule has 1 aliphatic rings. The van der Waals surface area contributed by atoms with Gasteiger partial charge >= 0.3 is 0 Å². The number of hydrogen-bond donors (Lipinski definition) is 2. The highest BCUT2D eigenvalue weighted by Crippen LogP contribution is 2.46. The average Bonchev–Trinajstić information content (AvgIpc) is 2.97. The number of aliphatic hydroxyl groups is 2. The van der Waals surface area contributed by atoms with E-state index < -0.39 is 6.10 Å². The Labute approximate surface area is 251 Å². The minimum Gasteiger partial charge on any atom is -0.511 e. The Kier molecular flexibility index (Phi) is 14.6. The Bertz CT molecular complexity index is 1010. The summed E-state index contributed by atoms with van der Waals surface area (Å²) >= 11 is 0. The molecule has 41 heavy (non-hydrogen) atoms. The molecule has 2 aromatic rings. The summed E-state index contributed by atoms with van der Waals surface area (Å²) in [4.78, 5) is 4.36. The maximum atomic E-state index is 10.9. The molecule has 0 saturated carbocycles. The molecule has 2 aromatic carbocycles. The molecular weight excluding hydrogens is 504 g/mol. The van der Waals surface area contributed by atoms with E-state index in [1.54, 1.807) is 0 Å². The van der Waals surface area contributed by atoms with Crippen LogP contribution in [0, 0.1) is 0 Å². The molecule has 0 fully saturated rings. The molecule has 1 aliphatic carbocycles. The number of unbranched alkanes of at least 4 members (excludes halogenated alkanes) is 15. The second kappa shape index (κ2) is 18.2. The second-order valence-corrected chi connectivity index (χ2v) is 12.5. The molecular formula is C37H58N2O2. The Hall–Kier alpha value is -2.46. The van der Waals surface area contributed by atoms with Crippen molar-refractivity contribution in [2.75, 3.05) is 37.5 Å². The molecule has 2 N–H and O–H groups in total. The quantitative estimate of drug-likeness (QED) is 0.149. The van der Waals surface area contributed by atoms with Gasteiger partial charge in [0.05, 0.1) is 12.0 Å². The average molecular weight is 563 g/mol. The zero-order valence-corrected chi connectivity index (χ0v) is 26.6. The minimum atomic E-state index is -0.686. The van der Waals surface area contributed by atoms with E-state index in [4.69, 9.17) is 0 Å². The van der Waals surface area contributed by atoms with Crippen molar-refractivity contribution >= 4 is 16.9 Å². The van der Waals surface area contributed by atoms with Crippen molar-refractivity contribution in [1.29, 1.82) is 0 Å². The third-order valence-corrected chi connectivity index (χ3v) is 8.92. The van der Waals surface area contributed by atoms with Gasteiger partial charge in [-0.25, -0.2) is 0 Å².